The molecule has 2 N–H and O–H groups in total. The van der Waals surface area contributed by atoms with Crippen molar-refractivity contribution in [1.29, 1.82) is 0 Å². The van der Waals surface area contributed by atoms with Gasteiger partial charge in [-0.25, -0.2) is 9.97 Å². The number of para-hydroxylation sites is 2. The Morgan fingerprint density at radius 3 is 2.79 bits per heavy atom. The molecule has 1 aromatic heterocycles. The van der Waals surface area contributed by atoms with Crippen molar-refractivity contribution in [2.75, 3.05) is 30.9 Å². The van der Waals surface area contributed by atoms with Gasteiger partial charge in [-0.05, 0) is 49.2 Å². The molecule has 3 aromatic rings. The molecule has 2 aromatic carbocycles. The molecule has 0 radical (unpaired) electrons. The Kier molecular flexibility index (Phi) is 7.00. The summed E-state index contributed by atoms with van der Waals surface area (Å²) in [4.78, 5) is 21.1. The van der Waals surface area contributed by atoms with E-state index in [-0.39, 0.29) is 11.6 Å². The van der Waals surface area contributed by atoms with Crippen molar-refractivity contribution >= 4 is 17.5 Å². The van der Waals surface area contributed by atoms with Gasteiger partial charge in [-0.1, -0.05) is 24.3 Å². The molecule has 1 heterocycles. The second-order valence-corrected chi connectivity index (χ2v) is 6.18. The number of carbonyl (C=O) groups excluding carboxylic acids is 1. The van der Waals surface area contributed by atoms with Crippen LogP contribution >= 0.6 is 0 Å². The lowest BCUT2D eigenvalue weighted by Crippen LogP contribution is -2.16. The summed E-state index contributed by atoms with van der Waals surface area (Å²) in [5, 5.41) is 5.99. The van der Waals surface area contributed by atoms with E-state index in [9.17, 15) is 4.79 Å². The van der Waals surface area contributed by atoms with Crippen LogP contribution in [0.3, 0.4) is 0 Å². The van der Waals surface area contributed by atoms with Crippen LogP contribution in [0.2, 0.25) is 0 Å². The number of benzene rings is 2. The third kappa shape index (κ3) is 5.68. The summed E-state index contributed by atoms with van der Waals surface area (Å²) in [5.41, 5.74) is 2.01. The Balaban J connectivity index is 1.61. The van der Waals surface area contributed by atoms with Crippen molar-refractivity contribution in [3.8, 4) is 11.5 Å². The minimum absolute atomic E-state index is 0.273. The number of ether oxygens (including phenoxy) is 2. The van der Waals surface area contributed by atoms with Gasteiger partial charge in [-0.3, -0.25) is 4.79 Å². The van der Waals surface area contributed by atoms with Gasteiger partial charge >= 0.3 is 0 Å². The van der Waals surface area contributed by atoms with E-state index in [1.807, 2.05) is 49.4 Å². The number of carbonyl (C=O) groups is 1. The van der Waals surface area contributed by atoms with Crippen molar-refractivity contribution in [2.45, 2.75) is 13.3 Å². The number of amides is 1. The fourth-order valence-corrected chi connectivity index (χ4v) is 2.75. The van der Waals surface area contributed by atoms with Crippen LogP contribution < -0.4 is 20.1 Å². The fourth-order valence-electron chi connectivity index (χ4n) is 2.75. The molecular weight excluding hydrogens is 368 g/mol. The van der Waals surface area contributed by atoms with Crippen LogP contribution in [0.1, 0.15) is 23.0 Å². The van der Waals surface area contributed by atoms with Gasteiger partial charge in [0, 0.05) is 12.7 Å². The Hall–Kier alpha value is -3.61. The zero-order valence-corrected chi connectivity index (χ0v) is 16.5. The van der Waals surface area contributed by atoms with Gasteiger partial charge in [0.05, 0.1) is 19.4 Å². The average molecular weight is 392 g/mol. The van der Waals surface area contributed by atoms with Crippen LogP contribution in [0.5, 0.6) is 11.5 Å². The first kappa shape index (κ1) is 20.1. The molecule has 0 aliphatic heterocycles. The SMILES string of the molecule is CCOc1ccccc1NC(=O)c1ccnc(NCCc2cccc(OC)c2)n1. The summed E-state index contributed by atoms with van der Waals surface area (Å²) in [5.74, 6) is 1.52. The quantitative estimate of drug-likeness (QED) is 0.576. The Bertz CT molecular complexity index is 962. The van der Waals surface area contributed by atoms with E-state index in [2.05, 4.69) is 20.6 Å². The second-order valence-electron chi connectivity index (χ2n) is 6.18. The third-order valence-electron chi connectivity index (χ3n) is 4.15. The predicted octanol–water partition coefficient (Wildman–Crippen LogP) is 3.79. The van der Waals surface area contributed by atoms with Crippen LogP contribution in [0.25, 0.3) is 0 Å². The topological polar surface area (TPSA) is 85.4 Å². The highest BCUT2D eigenvalue weighted by molar-refractivity contribution is 6.03. The smallest absolute Gasteiger partial charge is 0.274 e. The monoisotopic (exact) mass is 392 g/mol. The summed E-state index contributed by atoms with van der Waals surface area (Å²) >= 11 is 0. The van der Waals surface area contributed by atoms with E-state index in [1.54, 1.807) is 25.4 Å². The van der Waals surface area contributed by atoms with Gasteiger partial charge < -0.3 is 20.1 Å². The highest BCUT2D eigenvalue weighted by atomic mass is 16.5. The molecule has 0 aliphatic rings. The lowest BCUT2D eigenvalue weighted by atomic mass is 10.1. The highest BCUT2D eigenvalue weighted by Crippen LogP contribution is 2.24. The minimum Gasteiger partial charge on any atom is -0.497 e. The molecule has 7 nitrogen and oxygen atoms in total. The number of nitrogens with one attached hydrogen (secondary N) is 2. The number of aromatic nitrogens is 2. The minimum atomic E-state index is -0.324. The number of anilines is 2. The number of nitrogens with zero attached hydrogens (tertiary/aromatic N) is 2. The number of rotatable bonds is 9. The molecule has 3 rings (SSSR count). The zero-order chi connectivity index (χ0) is 20.5. The maximum atomic E-state index is 12.6. The van der Waals surface area contributed by atoms with Crippen LogP contribution in [0.15, 0.2) is 60.8 Å². The summed E-state index contributed by atoms with van der Waals surface area (Å²) in [6, 6.07) is 16.8. The van der Waals surface area contributed by atoms with Gasteiger partial charge in [0.25, 0.3) is 5.91 Å². The van der Waals surface area contributed by atoms with Crippen LogP contribution in [-0.4, -0.2) is 36.1 Å². The average Bonchev–Trinajstić information content (AvgIpc) is 2.75. The molecule has 0 fully saturated rings. The third-order valence-corrected chi connectivity index (χ3v) is 4.15. The van der Waals surface area contributed by atoms with Crippen molar-refractivity contribution in [1.82, 2.24) is 9.97 Å². The molecule has 7 heteroatoms. The molecular formula is C22H24N4O3. The summed E-state index contributed by atoms with van der Waals surface area (Å²) in [7, 11) is 1.65. The van der Waals surface area contributed by atoms with Gasteiger partial charge in [0.15, 0.2) is 0 Å². The maximum absolute atomic E-state index is 12.6. The van der Waals surface area contributed by atoms with E-state index in [1.165, 1.54) is 0 Å². The van der Waals surface area contributed by atoms with Crippen LogP contribution in [-0.2, 0) is 6.42 Å². The fraction of sp³-hybridized carbons (Fsp3) is 0.227. The normalized spacial score (nSPS) is 10.3. The largest absolute Gasteiger partial charge is 0.497 e. The van der Waals surface area contributed by atoms with Gasteiger partial charge in [0.1, 0.15) is 17.2 Å². The van der Waals surface area contributed by atoms with Crippen LogP contribution in [0, 0.1) is 0 Å². The molecule has 1 amide bonds. The predicted molar refractivity (Wildman–Crippen MR) is 113 cm³/mol. The van der Waals surface area contributed by atoms with Gasteiger partial charge in [0.2, 0.25) is 5.95 Å². The Morgan fingerprint density at radius 2 is 1.97 bits per heavy atom. The molecule has 29 heavy (non-hydrogen) atoms. The number of methoxy groups -OCH3 is 1. The van der Waals surface area contributed by atoms with E-state index in [0.29, 0.717) is 30.5 Å². The second kappa shape index (κ2) is 10.1. The van der Waals surface area contributed by atoms with E-state index < -0.39 is 0 Å². The van der Waals surface area contributed by atoms with Gasteiger partial charge in [-0.15, -0.1) is 0 Å². The Labute approximate surface area is 170 Å². The maximum Gasteiger partial charge on any atom is 0.274 e. The molecule has 0 spiro atoms. The van der Waals surface area contributed by atoms with Gasteiger partial charge in [-0.2, -0.15) is 0 Å². The molecule has 0 unspecified atom stereocenters. The molecule has 150 valence electrons. The molecule has 0 saturated carbocycles. The lowest BCUT2D eigenvalue weighted by Gasteiger charge is -2.11. The van der Waals surface area contributed by atoms with Crippen molar-refractivity contribution in [3.05, 3.63) is 72.1 Å². The first-order chi connectivity index (χ1) is 14.2. The molecule has 0 atom stereocenters. The first-order valence-electron chi connectivity index (χ1n) is 9.42. The molecule has 0 bridgehead atoms. The number of hydrogen-bond donors (Lipinski definition) is 2. The Morgan fingerprint density at radius 1 is 1.10 bits per heavy atom. The lowest BCUT2D eigenvalue weighted by molar-refractivity contribution is 0.102. The van der Waals surface area contributed by atoms with E-state index >= 15 is 0 Å². The van der Waals surface area contributed by atoms with Crippen LogP contribution in [0.4, 0.5) is 11.6 Å². The van der Waals surface area contributed by atoms with Crippen molar-refractivity contribution in [2.24, 2.45) is 0 Å². The molecule has 0 aliphatic carbocycles. The standard InChI is InChI=1S/C22H24N4O3/c1-3-29-20-10-5-4-9-18(20)25-21(27)19-12-14-24-22(26-19)23-13-11-16-7-6-8-17(15-16)28-2/h4-10,12,14-15H,3,11,13H2,1-2H3,(H,25,27)(H,23,24,26). The zero-order valence-electron chi connectivity index (χ0n) is 16.5. The highest BCUT2D eigenvalue weighted by Gasteiger charge is 2.12. The summed E-state index contributed by atoms with van der Waals surface area (Å²) in [6.45, 7) is 3.04. The molecule has 0 saturated heterocycles. The summed E-state index contributed by atoms with van der Waals surface area (Å²) < 4.78 is 10.8. The first-order valence-corrected chi connectivity index (χ1v) is 9.42. The van der Waals surface area contributed by atoms with Crippen molar-refractivity contribution in [3.63, 3.8) is 0 Å². The van der Waals surface area contributed by atoms with E-state index in [4.69, 9.17) is 9.47 Å². The summed E-state index contributed by atoms with van der Waals surface area (Å²) in [6.07, 6.45) is 2.34. The number of hydrogen-bond acceptors (Lipinski definition) is 6. The van der Waals surface area contributed by atoms with E-state index in [0.717, 1.165) is 17.7 Å². The van der Waals surface area contributed by atoms with Crippen molar-refractivity contribution < 1.29 is 14.3 Å².